The molecule has 0 bridgehead atoms. The topological polar surface area (TPSA) is 49.6 Å². The van der Waals surface area contributed by atoms with Crippen molar-refractivity contribution in [3.63, 3.8) is 0 Å². The van der Waals surface area contributed by atoms with E-state index in [-0.39, 0.29) is 11.9 Å². The molecule has 3 heterocycles. The third-order valence-corrected chi connectivity index (χ3v) is 5.48. The Morgan fingerprint density at radius 3 is 2.56 bits per heavy atom. The number of nitrogens with one attached hydrogen (secondary N) is 1. The van der Waals surface area contributed by atoms with Crippen LogP contribution in [0.3, 0.4) is 0 Å². The summed E-state index contributed by atoms with van der Waals surface area (Å²) in [5.74, 6) is 0.0180. The van der Waals surface area contributed by atoms with E-state index in [2.05, 4.69) is 29.2 Å². The number of fused-ring (bicyclic) bond motifs is 1. The molecule has 0 spiro atoms. The van der Waals surface area contributed by atoms with Crippen LogP contribution in [-0.2, 0) is 0 Å². The van der Waals surface area contributed by atoms with Crippen LogP contribution in [0, 0.1) is 0 Å². The van der Waals surface area contributed by atoms with E-state index in [1.54, 1.807) is 0 Å². The monoisotopic (exact) mass is 362 g/mol. The number of rotatable bonds is 4. The van der Waals surface area contributed by atoms with Gasteiger partial charge in [0, 0.05) is 42.5 Å². The first kappa shape index (κ1) is 17.7. The quantitative estimate of drug-likeness (QED) is 0.771. The first-order chi connectivity index (χ1) is 13.1. The largest absolute Gasteiger partial charge is 0.349 e. The van der Waals surface area contributed by atoms with Crippen molar-refractivity contribution in [2.45, 2.75) is 38.8 Å². The van der Waals surface area contributed by atoms with Crippen LogP contribution in [0.25, 0.3) is 16.6 Å². The highest BCUT2D eigenvalue weighted by atomic mass is 16.1. The van der Waals surface area contributed by atoms with Crippen LogP contribution in [-0.4, -0.2) is 45.6 Å². The van der Waals surface area contributed by atoms with Gasteiger partial charge in [0.1, 0.15) is 0 Å². The summed E-state index contributed by atoms with van der Waals surface area (Å²) in [6, 6.07) is 14.7. The van der Waals surface area contributed by atoms with Crippen molar-refractivity contribution >= 4 is 11.4 Å². The van der Waals surface area contributed by atoms with Crippen molar-refractivity contribution in [3.8, 4) is 11.1 Å². The molecule has 1 fully saturated rings. The first-order valence-electron chi connectivity index (χ1n) is 9.69. The van der Waals surface area contributed by atoms with Gasteiger partial charge < -0.3 is 10.2 Å². The molecule has 0 atom stereocenters. The Balaban J connectivity index is 1.42. The van der Waals surface area contributed by atoms with Crippen LogP contribution in [0.2, 0.25) is 0 Å². The van der Waals surface area contributed by atoms with E-state index in [0.29, 0.717) is 11.6 Å². The van der Waals surface area contributed by atoms with Gasteiger partial charge >= 0.3 is 0 Å². The second-order valence-electron chi connectivity index (χ2n) is 7.54. The summed E-state index contributed by atoms with van der Waals surface area (Å²) in [5.41, 5.74) is 3.91. The van der Waals surface area contributed by atoms with Gasteiger partial charge in [-0.05, 0) is 56.5 Å². The van der Waals surface area contributed by atoms with Crippen LogP contribution >= 0.6 is 0 Å². The number of carbonyl (C=O) groups is 1. The van der Waals surface area contributed by atoms with Crippen molar-refractivity contribution in [2.75, 3.05) is 13.1 Å². The number of carbonyl (C=O) groups excluding carboxylic acids is 1. The van der Waals surface area contributed by atoms with E-state index in [4.69, 9.17) is 0 Å². The van der Waals surface area contributed by atoms with Gasteiger partial charge in [-0.15, -0.1) is 0 Å². The highest BCUT2D eigenvalue weighted by molar-refractivity contribution is 5.95. The minimum absolute atomic E-state index is 0.0180. The number of amides is 1. The maximum absolute atomic E-state index is 12.6. The molecule has 27 heavy (non-hydrogen) atoms. The number of hydrogen-bond acceptors (Lipinski definition) is 3. The minimum Gasteiger partial charge on any atom is -0.349 e. The standard InChI is InChI=1S/C22H26N4O/c1-16(2)25-13-10-19(11-14-25)24-22(27)18-8-6-17(7-9-18)20-15-23-26-12-4-3-5-21(20)26/h3-9,12,15-16,19H,10-11,13-14H2,1-2H3,(H,24,27). The molecule has 4 rings (SSSR count). The number of pyridine rings is 1. The summed E-state index contributed by atoms with van der Waals surface area (Å²) in [5, 5.41) is 7.58. The maximum atomic E-state index is 12.6. The van der Waals surface area contributed by atoms with E-state index in [0.717, 1.165) is 42.6 Å². The molecule has 2 aromatic heterocycles. The molecule has 0 unspecified atom stereocenters. The third-order valence-electron chi connectivity index (χ3n) is 5.48. The predicted molar refractivity (Wildman–Crippen MR) is 108 cm³/mol. The highest BCUT2D eigenvalue weighted by Gasteiger charge is 2.22. The summed E-state index contributed by atoms with van der Waals surface area (Å²) in [6.45, 7) is 6.56. The van der Waals surface area contributed by atoms with Crippen molar-refractivity contribution in [1.29, 1.82) is 0 Å². The number of nitrogens with zero attached hydrogens (tertiary/aromatic N) is 3. The zero-order valence-corrected chi connectivity index (χ0v) is 15.9. The summed E-state index contributed by atoms with van der Waals surface area (Å²) >= 11 is 0. The molecule has 1 amide bonds. The normalized spacial score (nSPS) is 16.1. The fourth-order valence-electron chi connectivity index (χ4n) is 3.79. The fraction of sp³-hybridized carbons (Fsp3) is 0.364. The van der Waals surface area contributed by atoms with Gasteiger partial charge in [-0.1, -0.05) is 18.2 Å². The SMILES string of the molecule is CC(C)N1CCC(NC(=O)c2ccc(-c3cnn4ccccc34)cc2)CC1. The average Bonchev–Trinajstić information content (AvgIpc) is 3.12. The molecule has 1 aliphatic rings. The molecule has 5 nitrogen and oxygen atoms in total. The second-order valence-corrected chi connectivity index (χ2v) is 7.54. The molecular weight excluding hydrogens is 336 g/mol. The molecule has 1 saturated heterocycles. The Labute approximate surface area is 160 Å². The molecular formula is C22H26N4O. The van der Waals surface area contributed by atoms with E-state index in [1.165, 1.54) is 0 Å². The van der Waals surface area contributed by atoms with Gasteiger partial charge in [0.05, 0.1) is 11.7 Å². The van der Waals surface area contributed by atoms with Gasteiger partial charge in [-0.3, -0.25) is 4.79 Å². The van der Waals surface area contributed by atoms with E-state index in [9.17, 15) is 4.79 Å². The molecule has 0 saturated carbocycles. The summed E-state index contributed by atoms with van der Waals surface area (Å²) in [7, 11) is 0. The number of benzene rings is 1. The Morgan fingerprint density at radius 2 is 1.85 bits per heavy atom. The van der Waals surface area contributed by atoms with Gasteiger partial charge in [-0.25, -0.2) is 4.52 Å². The van der Waals surface area contributed by atoms with Crippen molar-refractivity contribution in [2.24, 2.45) is 0 Å². The smallest absolute Gasteiger partial charge is 0.251 e. The van der Waals surface area contributed by atoms with E-state index in [1.807, 2.05) is 59.4 Å². The number of likely N-dealkylation sites (tertiary alicyclic amines) is 1. The lowest BCUT2D eigenvalue weighted by atomic mass is 10.0. The number of hydrogen-bond donors (Lipinski definition) is 1. The summed E-state index contributed by atoms with van der Waals surface area (Å²) in [6.07, 6.45) is 5.84. The Bertz CT molecular complexity index is 921. The lowest BCUT2D eigenvalue weighted by Crippen LogP contribution is -2.46. The zero-order valence-electron chi connectivity index (χ0n) is 15.9. The van der Waals surface area contributed by atoms with Gasteiger partial charge in [-0.2, -0.15) is 5.10 Å². The molecule has 0 radical (unpaired) electrons. The van der Waals surface area contributed by atoms with Crippen LogP contribution < -0.4 is 5.32 Å². The van der Waals surface area contributed by atoms with Crippen molar-refractivity contribution < 1.29 is 4.79 Å². The van der Waals surface area contributed by atoms with Crippen molar-refractivity contribution in [1.82, 2.24) is 19.8 Å². The molecule has 1 aromatic carbocycles. The molecule has 140 valence electrons. The zero-order chi connectivity index (χ0) is 18.8. The second kappa shape index (κ2) is 7.53. The predicted octanol–water partition coefficient (Wildman–Crippen LogP) is 3.60. The van der Waals surface area contributed by atoms with Gasteiger partial charge in [0.25, 0.3) is 5.91 Å². The summed E-state index contributed by atoms with van der Waals surface area (Å²) in [4.78, 5) is 15.1. The average molecular weight is 362 g/mol. The van der Waals surface area contributed by atoms with Crippen LogP contribution in [0.15, 0.2) is 54.9 Å². The van der Waals surface area contributed by atoms with Crippen molar-refractivity contribution in [3.05, 3.63) is 60.4 Å². The van der Waals surface area contributed by atoms with Gasteiger partial charge in [0.15, 0.2) is 0 Å². The molecule has 5 heteroatoms. The lowest BCUT2D eigenvalue weighted by Gasteiger charge is -2.34. The minimum atomic E-state index is 0.0180. The molecule has 1 aliphatic heterocycles. The Kier molecular flexibility index (Phi) is 4.94. The van der Waals surface area contributed by atoms with E-state index < -0.39 is 0 Å². The van der Waals surface area contributed by atoms with Crippen LogP contribution in [0.1, 0.15) is 37.0 Å². The van der Waals surface area contributed by atoms with E-state index >= 15 is 0 Å². The summed E-state index contributed by atoms with van der Waals surface area (Å²) < 4.78 is 1.86. The fourth-order valence-corrected chi connectivity index (χ4v) is 3.79. The van der Waals surface area contributed by atoms with Crippen LogP contribution in [0.4, 0.5) is 0 Å². The third kappa shape index (κ3) is 3.74. The first-order valence-corrected chi connectivity index (χ1v) is 9.69. The lowest BCUT2D eigenvalue weighted by molar-refractivity contribution is 0.0900. The Hall–Kier alpha value is -2.66. The van der Waals surface area contributed by atoms with Crippen LogP contribution in [0.5, 0.6) is 0 Å². The number of piperidine rings is 1. The maximum Gasteiger partial charge on any atom is 0.251 e. The highest BCUT2D eigenvalue weighted by Crippen LogP contribution is 2.24. The number of aromatic nitrogens is 2. The molecule has 0 aliphatic carbocycles. The molecule has 3 aromatic rings. The van der Waals surface area contributed by atoms with Gasteiger partial charge in [0.2, 0.25) is 0 Å². The Morgan fingerprint density at radius 1 is 1.11 bits per heavy atom. The molecule has 1 N–H and O–H groups in total.